The van der Waals surface area contributed by atoms with Crippen molar-refractivity contribution in [1.29, 1.82) is 0 Å². The number of hydrogen-bond acceptors (Lipinski definition) is 4. The SMILES string of the molecule is O=C(c1cc2c(F)cccc2s1)N1CCN([C@H]2CCC[C@H]2O)CC1. The van der Waals surface area contributed by atoms with Gasteiger partial charge >= 0.3 is 0 Å². The maximum atomic E-state index is 13.8. The van der Waals surface area contributed by atoms with Crippen LogP contribution >= 0.6 is 11.3 Å². The van der Waals surface area contributed by atoms with E-state index in [0.29, 0.717) is 23.4 Å². The van der Waals surface area contributed by atoms with Gasteiger partial charge in [0.25, 0.3) is 5.91 Å². The second kappa shape index (κ2) is 6.43. The molecule has 24 heavy (non-hydrogen) atoms. The molecule has 1 aromatic heterocycles. The Kier molecular flexibility index (Phi) is 4.28. The van der Waals surface area contributed by atoms with Gasteiger partial charge in [-0.25, -0.2) is 4.39 Å². The van der Waals surface area contributed by atoms with Crippen molar-refractivity contribution in [1.82, 2.24) is 9.80 Å². The Morgan fingerprint density at radius 3 is 2.67 bits per heavy atom. The molecular formula is C18H21FN2O2S. The Hall–Kier alpha value is -1.50. The van der Waals surface area contributed by atoms with Gasteiger partial charge in [0, 0.05) is 42.3 Å². The van der Waals surface area contributed by atoms with E-state index in [0.717, 1.165) is 37.1 Å². The smallest absolute Gasteiger partial charge is 0.264 e. The maximum absolute atomic E-state index is 13.8. The largest absolute Gasteiger partial charge is 0.391 e. The molecule has 2 fully saturated rings. The molecule has 2 aliphatic rings. The molecule has 6 heteroatoms. The number of carbonyl (C=O) groups excluding carboxylic acids is 1. The van der Waals surface area contributed by atoms with Crippen LogP contribution in [0.1, 0.15) is 28.9 Å². The summed E-state index contributed by atoms with van der Waals surface area (Å²) in [5.41, 5.74) is 0. The number of halogens is 1. The molecule has 0 unspecified atom stereocenters. The van der Waals surface area contributed by atoms with Gasteiger partial charge < -0.3 is 10.0 Å². The zero-order valence-corrected chi connectivity index (χ0v) is 14.3. The number of amides is 1. The summed E-state index contributed by atoms with van der Waals surface area (Å²) >= 11 is 1.35. The van der Waals surface area contributed by atoms with Crippen LogP contribution in [0.4, 0.5) is 4.39 Å². The van der Waals surface area contributed by atoms with Crippen molar-refractivity contribution in [2.45, 2.75) is 31.4 Å². The van der Waals surface area contributed by atoms with E-state index in [1.165, 1.54) is 17.4 Å². The maximum Gasteiger partial charge on any atom is 0.264 e. The number of rotatable bonds is 2. The zero-order valence-electron chi connectivity index (χ0n) is 13.4. The topological polar surface area (TPSA) is 43.8 Å². The van der Waals surface area contributed by atoms with Crippen LogP contribution in [-0.4, -0.2) is 59.1 Å². The van der Waals surface area contributed by atoms with Crippen LogP contribution in [0.15, 0.2) is 24.3 Å². The number of piperazine rings is 1. The highest BCUT2D eigenvalue weighted by Gasteiger charge is 2.33. The van der Waals surface area contributed by atoms with Crippen LogP contribution in [0, 0.1) is 5.82 Å². The fraction of sp³-hybridized carbons (Fsp3) is 0.500. The van der Waals surface area contributed by atoms with E-state index >= 15 is 0 Å². The molecule has 0 radical (unpaired) electrons. The average molecular weight is 348 g/mol. The highest BCUT2D eigenvalue weighted by molar-refractivity contribution is 7.20. The van der Waals surface area contributed by atoms with Crippen molar-refractivity contribution in [3.8, 4) is 0 Å². The Morgan fingerprint density at radius 1 is 1.21 bits per heavy atom. The molecule has 2 atom stereocenters. The molecule has 4 rings (SSSR count). The first kappa shape index (κ1) is 16.0. The molecule has 0 bridgehead atoms. The summed E-state index contributed by atoms with van der Waals surface area (Å²) in [7, 11) is 0. The summed E-state index contributed by atoms with van der Waals surface area (Å²) in [4.78, 5) is 17.5. The quantitative estimate of drug-likeness (QED) is 0.908. The van der Waals surface area contributed by atoms with E-state index in [1.807, 2.05) is 11.0 Å². The van der Waals surface area contributed by atoms with Crippen LogP contribution in [0.3, 0.4) is 0 Å². The Balaban J connectivity index is 1.44. The lowest BCUT2D eigenvalue weighted by Crippen LogP contribution is -2.53. The second-order valence-electron chi connectivity index (χ2n) is 6.66. The van der Waals surface area contributed by atoms with Gasteiger partial charge in [-0.15, -0.1) is 11.3 Å². The van der Waals surface area contributed by atoms with Crippen LogP contribution in [0.25, 0.3) is 10.1 Å². The third-order valence-electron chi connectivity index (χ3n) is 5.23. The number of benzene rings is 1. The van der Waals surface area contributed by atoms with Gasteiger partial charge in [-0.1, -0.05) is 6.07 Å². The first-order valence-corrected chi connectivity index (χ1v) is 9.34. The van der Waals surface area contributed by atoms with E-state index in [1.54, 1.807) is 12.1 Å². The van der Waals surface area contributed by atoms with Gasteiger partial charge in [0.15, 0.2) is 0 Å². The van der Waals surface area contributed by atoms with Gasteiger partial charge in [0.2, 0.25) is 0 Å². The lowest BCUT2D eigenvalue weighted by Gasteiger charge is -2.38. The fourth-order valence-corrected chi connectivity index (χ4v) is 4.93. The molecular weight excluding hydrogens is 327 g/mol. The molecule has 4 nitrogen and oxygen atoms in total. The number of carbonyl (C=O) groups is 1. The van der Waals surface area contributed by atoms with Crippen LogP contribution in [0.2, 0.25) is 0 Å². The molecule has 1 N–H and O–H groups in total. The van der Waals surface area contributed by atoms with Crippen LogP contribution < -0.4 is 0 Å². The summed E-state index contributed by atoms with van der Waals surface area (Å²) < 4.78 is 14.6. The molecule has 1 saturated heterocycles. The van der Waals surface area contributed by atoms with Crippen molar-refractivity contribution in [3.63, 3.8) is 0 Å². The number of thiophene rings is 1. The zero-order chi connectivity index (χ0) is 16.7. The predicted molar refractivity (Wildman–Crippen MR) is 92.9 cm³/mol. The molecule has 0 spiro atoms. The van der Waals surface area contributed by atoms with Crippen LogP contribution in [-0.2, 0) is 0 Å². The van der Waals surface area contributed by atoms with Crippen molar-refractivity contribution < 1.29 is 14.3 Å². The number of nitrogens with zero attached hydrogens (tertiary/aromatic N) is 2. The van der Waals surface area contributed by atoms with Gasteiger partial charge in [0.1, 0.15) is 5.82 Å². The van der Waals surface area contributed by atoms with Gasteiger partial charge in [-0.2, -0.15) is 0 Å². The number of aliphatic hydroxyl groups excluding tert-OH is 1. The minimum Gasteiger partial charge on any atom is -0.391 e. The fourth-order valence-electron chi connectivity index (χ4n) is 3.89. The number of aliphatic hydroxyl groups is 1. The lowest BCUT2D eigenvalue weighted by atomic mass is 10.1. The van der Waals surface area contributed by atoms with E-state index in [9.17, 15) is 14.3 Å². The predicted octanol–water partition coefficient (Wildman–Crippen LogP) is 2.71. The van der Waals surface area contributed by atoms with Crippen LogP contribution in [0.5, 0.6) is 0 Å². The number of fused-ring (bicyclic) bond motifs is 1. The summed E-state index contributed by atoms with van der Waals surface area (Å²) in [6, 6.07) is 6.87. The molecule has 1 saturated carbocycles. The molecule has 1 aromatic carbocycles. The minimum atomic E-state index is -0.275. The summed E-state index contributed by atoms with van der Waals surface area (Å²) in [5, 5.41) is 10.6. The monoisotopic (exact) mass is 348 g/mol. The molecule has 1 amide bonds. The van der Waals surface area contributed by atoms with Crippen molar-refractivity contribution in [2.24, 2.45) is 0 Å². The Labute approximate surface area is 144 Å². The minimum absolute atomic E-state index is 0.0118. The summed E-state index contributed by atoms with van der Waals surface area (Å²) in [6.45, 7) is 2.93. The first-order valence-electron chi connectivity index (χ1n) is 8.53. The van der Waals surface area contributed by atoms with E-state index in [4.69, 9.17) is 0 Å². The molecule has 2 heterocycles. The van der Waals surface area contributed by atoms with Crippen molar-refractivity contribution >= 4 is 27.3 Å². The van der Waals surface area contributed by atoms with Crippen molar-refractivity contribution in [2.75, 3.05) is 26.2 Å². The molecule has 1 aliphatic carbocycles. The average Bonchev–Trinajstić information content (AvgIpc) is 3.21. The standard InChI is InChI=1S/C18H21FN2O2S/c19-13-3-1-6-16-12(13)11-17(24-16)18(23)21-9-7-20(8-10-21)14-4-2-5-15(14)22/h1,3,6,11,14-15,22H,2,4-5,7-10H2/t14-,15+/m0/s1. The normalized spacial score (nSPS) is 25.5. The highest BCUT2D eigenvalue weighted by atomic mass is 32.1. The second-order valence-corrected chi connectivity index (χ2v) is 7.74. The first-order chi connectivity index (χ1) is 11.6. The molecule has 1 aliphatic heterocycles. The summed E-state index contributed by atoms with van der Waals surface area (Å²) in [5.74, 6) is -0.287. The Bertz CT molecular complexity index is 755. The number of hydrogen-bond donors (Lipinski definition) is 1. The van der Waals surface area contributed by atoms with Crippen molar-refractivity contribution in [3.05, 3.63) is 35.0 Å². The van der Waals surface area contributed by atoms with Gasteiger partial charge in [-0.3, -0.25) is 9.69 Å². The van der Waals surface area contributed by atoms with Gasteiger partial charge in [0.05, 0.1) is 11.0 Å². The third kappa shape index (κ3) is 2.83. The van der Waals surface area contributed by atoms with Gasteiger partial charge in [-0.05, 0) is 37.5 Å². The highest BCUT2D eigenvalue weighted by Crippen LogP contribution is 2.29. The molecule has 128 valence electrons. The molecule has 2 aromatic rings. The van der Waals surface area contributed by atoms with E-state index in [2.05, 4.69) is 4.90 Å². The Morgan fingerprint density at radius 2 is 2.00 bits per heavy atom. The van der Waals surface area contributed by atoms with E-state index < -0.39 is 0 Å². The lowest BCUT2D eigenvalue weighted by molar-refractivity contribution is 0.0318. The third-order valence-corrected chi connectivity index (χ3v) is 6.32. The summed E-state index contributed by atoms with van der Waals surface area (Å²) in [6.07, 6.45) is 2.79. The van der Waals surface area contributed by atoms with E-state index in [-0.39, 0.29) is 23.9 Å².